The molecule has 6 rings (SSSR count). The summed E-state index contributed by atoms with van der Waals surface area (Å²) < 4.78 is 66.0. The maximum atomic E-state index is 13.3. The van der Waals surface area contributed by atoms with E-state index in [4.69, 9.17) is 4.55 Å². The van der Waals surface area contributed by atoms with E-state index in [2.05, 4.69) is 20.6 Å². The Morgan fingerprint density at radius 2 is 1.47 bits per heavy atom. The summed E-state index contributed by atoms with van der Waals surface area (Å²) in [5.74, 6) is -0.948. The Bertz CT molecular complexity index is 2210. The van der Waals surface area contributed by atoms with Gasteiger partial charge in [-0.3, -0.25) is 24.1 Å². The predicted octanol–water partition coefficient (Wildman–Crippen LogP) is 7.98. The standard InChI is InChI=1S/C36H25F3N4O2.C2H6O3S/c37-36(38,39)27-16-13-23(14-17-27)29-10-4-5-11-30(29)35(45)42-28-18-15-25-20-26(22-41-32(25)21-28)34(44)43-33(24-8-2-1-3-9-24)31-12-6-7-19-40-31;1-2-6(3,4)5/h1-22,33H,(H,42,45)(H,43,44);2H2,1H3,(H,3,4,5). The minimum absolute atomic E-state index is 0.201. The number of halogens is 3. The highest BCUT2D eigenvalue weighted by atomic mass is 32.2. The monoisotopic (exact) mass is 712 g/mol. The van der Waals surface area contributed by atoms with Crippen molar-refractivity contribution in [2.24, 2.45) is 0 Å². The molecule has 1 unspecified atom stereocenters. The normalized spacial score (nSPS) is 11.9. The van der Waals surface area contributed by atoms with Crippen LogP contribution in [-0.2, 0) is 16.3 Å². The van der Waals surface area contributed by atoms with Gasteiger partial charge in [-0.25, -0.2) is 0 Å². The lowest BCUT2D eigenvalue weighted by atomic mass is 9.98. The average molecular weight is 713 g/mol. The first-order valence-electron chi connectivity index (χ1n) is 15.5. The van der Waals surface area contributed by atoms with Gasteiger partial charge in [-0.05, 0) is 72.1 Å². The van der Waals surface area contributed by atoms with Gasteiger partial charge in [0.05, 0.1) is 34.1 Å². The molecule has 1 atom stereocenters. The van der Waals surface area contributed by atoms with Crippen molar-refractivity contribution in [3.05, 3.63) is 162 Å². The van der Waals surface area contributed by atoms with Gasteiger partial charge in [-0.15, -0.1) is 0 Å². The highest BCUT2D eigenvalue weighted by Crippen LogP contribution is 2.32. The zero-order chi connectivity index (χ0) is 36.6. The van der Waals surface area contributed by atoms with E-state index in [9.17, 15) is 31.2 Å². The van der Waals surface area contributed by atoms with Crippen LogP contribution in [0.4, 0.5) is 18.9 Å². The number of carbonyl (C=O) groups is 2. The maximum absolute atomic E-state index is 13.3. The molecule has 13 heteroatoms. The van der Waals surface area contributed by atoms with Crippen LogP contribution in [0, 0.1) is 0 Å². The Kier molecular flexibility index (Phi) is 11.2. The second-order valence-corrected chi connectivity index (χ2v) is 12.9. The van der Waals surface area contributed by atoms with E-state index in [1.54, 1.807) is 54.7 Å². The third-order valence-corrected chi connectivity index (χ3v) is 8.39. The number of aromatic nitrogens is 2. The first-order chi connectivity index (χ1) is 24.3. The van der Waals surface area contributed by atoms with Crippen molar-refractivity contribution in [3.8, 4) is 11.1 Å². The number of pyridine rings is 2. The second-order valence-electron chi connectivity index (χ2n) is 11.1. The summed E-state index contributed by atoms with van der Waals surface area (Å²) in [6, 6.07) is 32.9. The molecule has 0 aliphatic carbocycles. The van der Waals surface area contributed by atoms with Crippen molar-refractivity contribution in [1.29, 1.82) is 0 Å². The molecule has 6 aromatic rings. The number of anilines is 1. The van der Waals surface area contributed by atoms with E-state index in [1.165, 1.54) is 25.3 Å². The zero-order valence-electron chi connectivity index (χ0n) is 27.0. The molecule has 0 bridgehead atoms. The molecule has 51 heavy (non-hydrogen) atoms. The number of amides is 2. The van der Waals surface area contributed by atoms with Gasteiger partial charge in [0.1, 0.15) is 0 Å². The number of hydrogen-bond donors (Lipinski definition) is 3. The number of carbonyl (C=O) groups excluding carboxylic acids is 2. The second kappa shape index (κ2) is 15.7. The smallest absolute Gasteiger partial charge is 0.339 e. The van der Waals surface area contributed by atoms with Gasteiger partial charge in [0, 0.05) is 29.0 Å². The van der Waals surface area contributed by atoms with E-state index < -0.39 is 33.8 Å². The average Bonchev–Trinajstić information content (AvgIpc) is 3.14. The highest BCUT2D eigenvalue weighted by molar-refractivity contribution is 7.85. The van der Waals surface area contributed by atoms with Crippen LogP contribution >= 0.6 is 0 Å². The summed E-state index contributed by atoms with van der Waals surface area (Å²) in [7, 11) is -3.66. The summed E-state index contributed by atoms with van der Waals surface area (Å²) in [5, 5.41) is 6.61. The number of alkyl halides is 3. The summed E-state index contributed by atoms with van der Waals surface area (Å²) in [5.41, 5.74) is 3.50. The maximum Gasteiger partial charge on any atom is 0.416 e. The third kappa shape index (κ3) is 9.62. The first kappa shape index (κ1) is 36.4. The van der Waals surface area contributed by atoms with Crippen molar-refractivity contribution in [1.82, 2.24) is 15.3 Å². The lowest BCUT2D eigenvalue weighted by Crippen LogP contribution is -2.30. The van der Waals surface area contributed by atoms with Gasteiger partial charge in [-0.1, -0.05) is 72.8 Å². The molecule has 0 aliphatic rings. The molecule has 3 N–H and O–H groups in total. The van der Waals surface area contributed by atoms with Crippen LogP contribution in [0.2, 0.25) is 0 Å². The van der Waals surface area contributed by atoms with Crippen molar-refractivity contribution < 1.29 is 35.7 Å². The van der Waals surface area contributed by atoms with E-state index >= 15 is 0 Å². The largest absolute Gasteiger partial charge is 0.416 e. The predicted molar refractivity (Wildman–Crippen MR) is 189 cm³/mol. The van der Waals surface area contributed by atoms with Crippen LogP contribution < -0.4 is 10.6 Å². The third-order valence-electron chi connectivity index (χ3n) is 7.66. The van der Waals surface area contributed by atoms with E-state index in [1.807, 2.05) is 48.5 Å². The molecule has 260 valence electrons. The molecule has 0 spiro atoms. The summed E-state index contributed by atoms with van der Waals surface area (Å²) in [4.78, 5) is 35.5. The number of nitrogens with zero attached hydrogens (tertiary/aromatic N) is 2. The number of nitrogens with one attached hydrogen (secondary N) is 2. The van der Waals surface area contributed by atoms with Gasteiger partial charge in [0.25, 0.3) is 21.9 Å². The molecule has 0 radical (unpaired) electrons. The molecule has 0 saturated carbocycles. The molecular formula is C38H31F3N4O5S. The van der Waals surface area contributed by atoms with E-state index in [-0.39, 0.29) is 11.7 Å². The highest BCUT2D eigenvalue weighted by Gasteiger charge is 2.30. The topological polar surface area (TPSA) is 138 Å². The quantitative estimate of drug-likeness (QED) is 0.136. The van der Waals surface area contributed by atoms with Crippen molar-refractivity contribution in [2.45, 2.75) is 19.1 Å². The summed E-state index contributed by atoms with van der Waals surface area (Å²) in [6.45, 7) is 1.37. The van der Waals surface area contributed by atoms with Gasteiger partial charge >= 0.3 is 6.18 Å². The molecule has 0 aliphatic heterocycles. The summed E-state index contributed by atoms with van der Waals surface area (Å²) >= 11 is 0. The van der Waals surface area contributed by atoms with Crippen molar-refractivity contribution in [3.63, 3.8) is 0 Å². The van der Waals surface area contributed by atoms with Crippen molar-refractivity contribution in [2.75, 3.05) is 11.1 Å². The Hall–Kier alpha value is -5.92. The fraction of sp³-hybridized carbons (Fsp3) is 0.105. The Balaban J connectivity index is 0.000000774. The van der Waals surface area contributed by atoms with Crippen LogP contribution in [0.1, 0.15) is 50.5 Å². The number of hydrogen-bond acceptors (Lipinski definition) is 6. The van der Waals surface area contributed by atoms with Crippen LogP contribution in [0.25, 0.3) is 22.0 Å². The van der Waals surface area contributed by atoms with E-state index in [0.29, 0.717) is 44.5 Å². The number of rotatable bonds is 8. The van der Waals surface area contributed by atoms with Crippen LogP contribution in [0.15, 0.2) is 134 Å². The Morgan fingerprint density at radius 1 is 0.804 bits per heavy atom. The number of fused-ring (bicyclic) bond motifs is 1. The Morgan fingerprint density at radius 3 is 2.12 bits per heavy atom. The first-order valence-corrected chi connectivity index (χ1v) is 17.1. The number of benzene rings is 4. The molecule has 0 fully saturated rings. The molecule has 2 aromatic heterocycles. The fourth-order valence-electron chi connectivity index (χ4n) is 5.03. The molecule has 2 heterocycles. The summed E-state index contributed by atoms with van der Waals surface area (Å²) in [6.07, 6.45) is -1.29. The van der Waals surface area contributed by atoms with Gasteiger partial charge in [0.2, 0.25) is 0 Å². The van der Waals surface area contributed by atoms with Gasteiger partial charge in [0.15, 0.2) is 0 Å². The fourth-order valence-corrected chi connectivity index (χ4v) is 5.03. The minimum atomic E-state index is -4.45. The van der Waals surface area contributed by atoms with Gasteiger partial charge in [-0.2, -0.15) is 21.6 Å². The molecule has 4 aromatic carbocycles. The SMILES string of the molecule is CCS(=O)(=O)O.O=C(NC(c1ccccc1)c1ccccn1)c1cnc2cc(NC(=O)c3ccccc3-c3ccc(C(F)(F)F)cc3)ccc2c1. The molecular weight excluding hydrogens is 682 g/mol. The van der Waals surface area contributed by atoms with Crippen LogP contribution in [0.3, 0.4) is 0 Å². The van der Waals surface area contributed by atoms with E-state index in [0.717, 1.165) is 17.7 Å². The molecule has 0 saturated heterocycles. The minimum Gasteiger partial charge on any atom is -0.339 e. The van der Waals surface area contributed by atoms with Crippen LogP contribution in [-0.4, -0.2) is 40.5 Å². The lowest BCUT2D eigenvalue weighted by molar-refractivity contribution is -0.137. The van der Waals surface area contributed by atoms with Crippen LogP contribution in [0.5, 0.6) is 0 Å². The Labute approximate surface area is 292 Å². The lowest BCUT2D eigenvalue weighted by Gasteiger charge is -2.19. The molecule has 2 amide bonds. The molecule has 9 nitrogen and oxygen atoms in total. The zero-order valence-corrected chi connectivity index (χ0v) is 27.8. The van der Waals surface area contributed by atoms with Crippen molar-refractivity contribution >= 4 is 38.5 Å². The van der Waals surface area contributed by atoms with Gasteiger partial charge < -0.3 is 10.6 Å².